The first-order valence-electron chi connectivity index (χ1n) is 5.03. The summed E-state index contributed by atoms with van der Waals surface area (Å²) in [6.07, 6.45) is 1.47. The van der Waals surface area contributed by atoms with Crippen molar-refractivity contribution in [1.82, 2.24) is 5.32 Å². The van der Waals surface area contributed by atoms with Crippen molar-refractivity contribution in [2.45, 2.75) is 25.3 Å². The van der Waals surface area contributed by atoms with Crippen LogP contribution >= 0.6 is 0 Å². The smallest absolute Gasteiger partial charge is 0.154 e. The van der Waals surface area contributed by atoms with Gasteiger partial charge in [0.05, 0.1) is 5.54 Å². The summed E-state index contributed by atoms with van der Waals surface area (Å²) >= 11 is 0. The lowest BCUT2D eigenvalue weighted by Gasteiger charge is -2.22. The van der Waals surface area contributed by atoms with Crippen LogP contribution in [0.4, 0.5) is 0 Å². The van der Waals surface area contributed by atoms with Crippen LogP contribution in [0.3, 0.4) is 0 Å². The maximum absolute atomic E-state index is 11.6. The Balaban J connectivity index is 2.14. The minimum Gasteiger partial charge on any atom is -0.304 e. The van der Waals surface area contributed by atoms with E-state index in [0.29, 0.717) is 12.2 Å². The molecule has 1 aromatic carbocycles. The van der Waals surface area contributed by atoms with E-state index < -0.39 is 0 Å². The molecular weight excluding hydrogens is 174 g/mol. The minimum atomic E-state index is -0.332. The van der Waals surface area contributed by atoms with Gasteiger partial charge >= 0.3 is 0 Å². The highest BCUT2D eigenvalue weighted by atomic mass is 16.1. The van der Waals surface area contributed by atoms with Crippen LogP contribution in [0.25, 0.3) is 0 Å². The van der Waals surface area contributed by atoms with E-state index in [1.807, 2.05) is 25.1 Å². The number of carbonyl (C=O) groups excluding carboxylic acids is 1. The number of hydrogen-bond acceptors (Lipinski definition) is 2. The van der Waals surface area contributed by atoms with Crippen LogP contribution in [0.5, 0.6) is 0 Å². The molecular formula is C12H15NO. The molecule has 0 spiro atoms. The topological polar surface area (TPSA) is 29.1 Å². The van der Waals surface area contributed by atoms with Crippen LogP contribution in [0, 0.1) is 0 Å². The zero-order valence-electron chi connectivity index (χ0n) is 8.42. The molecule has 1 aromatic rings. The van der Waals surface area contributed by atoms with Gasteiger partial charge in [-0.3, -0.25) is 4.79 Å². The number of hydrogen-bond donors (Lipinski definition) is 1. The lowest BCUT2D eigenvalue weighted by Crippen LogP contribution is -2.44. The molecule has 2 heteroatoms. The van der Waals surface area contributed by atoms with E-state index in [1.165, 1.54) is 5.56 Å². The van der Waals surface area contributed by atoms with Crippen LogP contribution in [0.2, 0.25) is 0 Å². The van der Waals surface area contributed by atoms with Crippen LogP contribution in [0.1, 0.15) is 18.9 Å². The molecule has 1 aliphatic heterocycles. The zero-order chi connectivity index (χ0) is 10.0. The highest BCUT2D eigenvalue weighted by Crippen LogP contribution is 2.19. The number of nitrogens with one attached hydrogen (secondary N) is 1. The van der Waals surface area contributed by atoms with Crippen molar-refractivity contribution in [1.29, 1.82) is 0 Å². The molecule has 1 aliphatic rings. The average molecular weight is 189 g/mol. The lowest BCUT2D eigenvalue weighted by molar-refractivity contribution is -0.121. The Morgan fingerprint density at radius 1 is 1.36 bits per heavy atom. The van der Waals surface area contributed by atoms with Crippen LogP contribution < -0.4 is 5.32 Å². The van der Waals surface area contributed by atoms with Gasteiger partial charge in [-0.25, -0.2) is 0 Å². The Morgan fingerprint density at radius 3 is 2.64 bits per heavy atom. The van der Waals surface area contributed by atoms with Crippen molar-refractivity contribution in [3.63, 3.8) is 0 Å². The first-order chi connectivity index (χ1) is 6.71. The number of carbonyl (C=O) groups is 1. The molecule has 2 rings (SSSR count). The Morgan fingerprint density at radius 2 is 2.07 bits per heavy atom. The van der Waals surface area contributed by atoms with Crippen molar-refractivity contribution in [3.05, 3.63) is 35.9 Å². The van der Waals surface area contributed by atoms with Gasteiger partial charge in [0, 0.05) is 13.0 Å². The molecule has 0 saturated carbocycles. The first kappa shape index (κ1) is 9.41. The van der Waals surface area contributed by atoms with Crippen molar-refractivity contribution >= 4 is 5.78 Å². The van der Waals surface area contributed by atoms with Gasteiger partial charge in [0.2, 0.25) is 0 Å². The van der Waals surface area contributed by atoms with Crippen LogP contribution in [-0.2, 0) is 11.2 Å². The zero-order valence-corrected chi connectivity index (χ0v) is 8.42. The average Bonchev–Trinajstić information content (AvgIpc) is 2.48. The fourth-order valence-electron chi connectivity index (χ4n) is 1.99. The summed E-state index contributed by atoms with van der Waals surface area (Å²) in [5.41, 5.74) is 0.888. The largest absolute Gasteiger partial charge is 0.304 e. The van der Waals surface area contributed by atoms with Crippen LogP contribution in [0.15, 0.2) is 30.3 Å². The van der Waals surface area contributed by atoms with E-state index in [4.69, 9.17) is 0 Å². The SMILES string of the molecule is CC1(Cc2ccccc2)NCCC1=O. The summed E-state index contributed by atoms with van der Waals surface area (Å²) in [5, 5.41) is 3.28. The molecule has 0 aromatic heterocycles. The van der Waals surface area contributed by atoms with Crippen molar-refractivity contribution in [2.75, 3.05) is 6.54 Å². The Bertz CT molecular complexity index is 333. The Kier molecular flexibility index (Phi) is 2.38. The molecule has 0 bridgehead atoms. The third kappa shape index (κ3) is 1.70. The van der Waals surface area contributed by atoms with E-state index in [2.05, 4.69) is 17.4 Å². The predicted molar refractivity (Wildman–Crippen MR) is 56.2 cm³/mol. The maximum Gasteiger partial charge on any atom is 0.154 e. The molecule has 1 heterocycles. The Hall–Kier alpha value is -1.15. The molecule has 0 aliphatic carbocycles. The molecule has 1 saturated heterocycles. The van der Waals surface area contributed by atoms with Crippen molar-refractivity contribution in [2.24, 2.45) is 0 Å². The van der Waals surface area contributed by atoms with E-state index >= 15 is 0 Å². The maximum atomic E-state index is 11.6. The van der Waals surface area contributed by atoms with Crippen molar-refractivity contribution in [3.8, 4) is 0 Å². The molecule has 74 valence electrons. The predicted octanol–water partition coefficient (Wildman–Crippen LogP) is 1.55. The van der Waals surface area contributed by atoms with Gasteiger partial charge in [0.15, 0.2) is 5.78 Å². The molecule has 2 nitrogen and oxygen atoms in total. The van der Waals surface area contributed by atoms with Gasteiger partial charge in [-0.2, -0.15) is 0 Å². The van der Waals surface area contributed by atoms with Gasteiger partial charge in [-0.1, -0.05) is 30.3 Å². The normalized spacial score (nSPS) is 26.8. The van der Waals surface area contributed by atoms with Gasteiger partial charge in [0.25, 0.3) is 0 Å². The summed E-state index contributed by atoms with van der Waals surface area (Å²) in [5.74, 6) is 0.335. The lowest BCUT2D eigenvalue weighted by atomic mass is 9.90. The molecule has 0 radical (unpaired) electrons. The molecule has 0 amide bonds. The first-order valence-corrected chi connectivity index (χ1v) is 5.03. The van der Waals surface area contributed by atoms with Gasteiger partial charge in [0.1, 0.15) is 0 Å². The quantitative estimate of drug-likeness (QED) is 0.764. The minimum absolute atomic E-state index is 0.332. The van der Waals surface area contributed by atoms with E-state index in [0.717, 1.165) is 13.0 Å². The number of Topliss-reactive ketones (excluding diaryl/α,β-unsaturated/α-hetero) is 1. The molecule has 1 N–H and O–H groups in total. The fraction of sp³-hybridized carbons (Fsp3) is 0.417. The monoisotopic (exact) mass is 189 g/mol. The summed E-state index contributed by atoms with van der Waals surface area (Å²) < 4.78 is 0. The summed E-state index contributed by atoms with van der Waals surface area (Å²) in [6.45, 7) is 2.82. The summed E-state index contributed by atoms with van der Waals surface area (Å²) in [6, 6.07) is 10.2. The van der Waals surface area contributed by atoms with Crippen molar-refractivity contribution < 1.29 is 4.79 Å². The van der Waals surface area contributed by atoms with Gasteiger partial charge in [-0.15, -0.1) is 0 Å². The second-order valence-electron chi connectivity index (χ2n) is 4.09. The highest BCUT2D eigenvalue weighted by molar-refractivity contribution is 5.90. The van der Waals surface area contributed by atoms with E-state index in [-0.39, 0.29) is 5.54 Å². The van der Waals surface area contributed by atoms with Gasteiger partial charge < -0.3 is 5.32 Å². The van der Waals surface area contributed by atoms with E-state index in [1.54, 1.807) is 0 Å². The summed E-state index contributed by atoms with van der Waals surface area (Å²) in [4.78, 5) is 11.6. The molecule has 1 unspecified atom stereocenters. The third-order valence-corrected chi connectivity index (χ3v) is 2.88. The second kappa shape index (κ2) is 3.54. The number of ketones is 1. The van der Waals surface area contributed by atoms with Gasteiger partial charge in [-0.05, 0) is 18.9 Å². The Labute approximate surface area is 84.3 Å². The second-order valence-corrected chi connectivity index (χ2v) is 4.09. The highest BCUT2D eigenvalue weighted by Gasteiger charge is 2.36. The standard InChI is InChI=1S/C12H15NO/c1-12(11(14)7-8-13-12)9-10-5-3-2-4-6-10/h2-6,13H,7-9H2,1H3. The van der Waals surface area contributed by atoms with Crippen LogP contribution in [-0.4, -0.2) is 17.9 Å². The van der Waals surface area contributed by atoms with E-state index in [9.17, 15) is 4.79 Å². The fourth-order valence-corrected chi connectivity index (χ4v) is 1.99. The number of benzene rings is 1. The summed E-state index contributed by atoms with van der Waals surface area (Å²) in [7, 11) is 0. The number of rotatable bonds is 2. The molecule has 1 atom stereocenters. The molecule has 14 heavy (non-hydrogen) atoms. The molecule has 1 fully saturated rings. The third-order valence-electron chi connectivity index (χ3n) is 2.88.